The van der Waals surface area contributed by atoms with Crippen LogP contribution in [0.5, 0.6) is 0 Å². The van der Waals surface area contributed by atoms with E-state index in [0.29, 0.717) is 26.4 Å². The van der Waals surface area contributed by atoms with Gasteiger partial charge in [-0.25, -0.2) is 0 Å². The smallest absolute Gasteiger partial charge is 0.169 e. The molecule has 3 nitrogen and oxygen atoms in total. The fourth-order valence-electron chi connectivity index (χ4n) is 3.43. The van der Waals surface area contributed by atoms with Crippen molar-refractivity contribution in [2.24, 2.45) is 10.8 Å². The monoisotopic (exact) mass is 190 g/mol. The van der Waals surface area contributed by atoms with E-state index in [-0.39, 0.29) is 16.6 Å². The maximum absolute atomic E-state index is 12.0. The van der Waals surface area contributed by atoms with Crippen molar-refractivity contribution < 1.29 is 14.3 Å². The molecule has 4 aliphatic rings. The number of carbonyl (C=O) groups is 1. The second kappa shape index (κ2) is 1.88. The zero-order valence-corrected chi connectivity index (χ0v) is 7.71. The molecular formula is C11H10O3. The molecule has 0 amide bonds. The molecule has 3 heteroatoms. The van der Waals surface area contributed by atoms with Crippen LogP contribution in [0.25, 0.3) is 0 Å². The van der Waals surface area contributed by atoms with Crippen molar-refractivity contribution in [1.29, 1.82) is 0 Å². The molecule has 2 aliphatic carbocycles. The molecular weight excluding hydrogens is 180 g/mol. The summed E-state index contributed by atoms with van der Waals surface area (Å²) in [7, 11) is 0. The summed E-state index contributed by atoms with van der Waals surface area (Å²) in [5, 5.41) is 0. The Morgan fingerprint density at radius 3 is 2.79 bits per heavy atom. The maximum Gasteiger partial charge on any atom is 0.169 e. The van der Waals surface area contributed by atoms with E-state index in [0.717, 1.165) is 5.57 Å². The molecule has 2 heterocycles. The number of hydrogen-bond donors (Lipinski definition) is 0. The van der Waals surface area contributed by atoms with Gasteiger partial charge in [-0.1, -0.05) is 6.08 Å². The minimum atomic E-state index is -0.334. The highest BCUT2D eigenvalue weighted by atomic mass is 16.5. The molecule has 4 rings (SSSR count). The Morgan fingerprint density at radius 2 is 1.93 bits per heavy atom. The molecule has 2 aliphatic heterocycles. The second-order valence-corrected chi connectivity index (χ2v) is 4.57. The Bertz CT molecular complexity index is 420. The zero-order chi connectivity index (χ0) is 9.39. The third kappa shape index (κ3) is 0.466. The molecule has 0 saturated carbocycles. The number of ketones is 1. The first-order valence-corrected chi connectivity index (χ1v) is 4.93. The van der Waals surface area contributed by atoms with Crippen molar-refractivity contribution in [1.82, 2.24) is 0 Å². The lowest BCUT2D eigenvalue weighted by molar-refractivity contribution is -0.126. The predicted molar refractivity (Wildman–Crippen MR) is 47.7 cm³/mol. The van der Waals surface area contributed by atoms with Crippen molar-refractivity contribution >= 4 is 5.78 Å². The molecule has 2 unspecified atom stereocenters. The van der Waals surface area contributed by atoms with Gasteiger partial charge in [0, 0.05) is 0 Å². The van der Waals surface area contributed by atoms with Crippen molar-refractivity contribution in [2.75, 3.05) is 26.4 Å². The van der Waals surface area contributed by atoms with Gasteiger partial charge >= 0.3 is 0 Å². The number of carbonyl (C=O) groups excluding carboxylic acids is 1. The van der Waals surface area contributed by atoms with E-state index in [9.17, 15) is 4.79 Å². The third-order valence-electron chi connectivity index (χ3n) is 4.19. The fraction of sp³-hybridized carbons (Fsp3) is 0.545. The predicted octanol–water partition coefficient (Wildman–Crippen LogP) is 0.469. The van der Waals surface area contributed by atoms with Gasteiger partial charge in [0.1, 0.15) is 0 Å². The molecule has 14 heavy (non-hydrogen) atoms. The third-order valence-corrected chi connectivity index (χ3v) is 4.19. The van der Waals surface area contributed by atoms with E-state index >= 15 is 0 Å². The number of ether oxygens (including phenoxy) is 2. The van der Waals surface area contributed by atoms with Gasteiger partial charge in [-0.05, 0) is 17.2 Å². The van der Waals surface area contributed by atoms with E-state index in [2.05, 4.69) is 6.08 Å². The first-order chi connectivity index (χ1) is 6.80. The van der Waals surface area contributed by atoms with E-state index in [1.807, 2.05) is 0 Å². The van der Waals surface area contributed by atoms with Crippen LogP contribution < -0.4 is 0 Å². The van der Waals surface area contributed by atoms with Gasteiger partial charge in [0.25, 0.3) is 0 Å². The molecule has 0 aromatic carbocycles. The molecule has 0 aromatic rings. The quantitative estimate of drug-likeness (QED) is 0.521. The Labute approximate surface area is 81.4 Å². The van der Waals surface area contributed by atoms with Gasteiger partial charge in [0.2, 0.25) is 0 Å². The Morgan fingerprint density at radius 1 is 1.14 bits per heavy atom. The normalized spacial score (nSPS) is 47.9. The zero-order valence-electron chi connectivity index (χ0n) is 7.71. The van der Waals surface area contributed by atoms with Crippen LogP contribution >= 0.6 is 0 Å². The minimum absolute atomic E-state index is 0.101. The molecule has 0 aromatic heterocycles. The molecule has 72 valence electrons. The van der Waals surface area contributed by atoms with Gasteiger partial charge in [-0.3, -0.25) is 4.79 Å². The first kappa shape index (κ1) is 7.37. The molecule has 0 radical (unpaired) electrons. The summed E-state index contributed by atoms with van der Waals surface area (Å²) in [6.07, 6.45) is 3.98. The van der Waals surface area contributed by atoms with Crippen LogP contribution in [0.2, 0.25) is 0 Å². The minimum Gasteiger partial charge on any atom is -0.376 e. The molecule has 2 spiro atoms. The molecule has 0 bridgehead atoms. The van der Waals surface area contributed by atoms with Gasteiger partial charge in [-0.2, -0.15) is 0 Å². The lowest BCUT2D eigenvalue weighted by Gasteiger charge is -2.46. The van der Waals surface area contributed by atoms with Crippen LogP contribution in [0.3, 0.4) is 0 Å². The van der Waals surface area contributed by atoms with Gasteiger partial charge in [0.15, 0.2) is 5.78 Å². The lowest BCUT2D eigenvalue weighted by atomic mass is 9.52. The summed E-state index contributed by atoms with van der Waals surface area (Å²) in [5.74, 6) is 0.241. The average Bonchev–Trinajstić information content (AvgIpc) is 2.72. The first-order valence-electron chi connectivity index (χ1n) is 4.93. The van der Waals surface area contributed by atoms with E-state index < -0.39 is 0 Å². The summed E-state index contributed by atoms with van der Waals surface area (Å²) >= 11 is 0. The SMILES string of the molecule is O=C1C=C2COCC23C=C2COCC123. The molecule has 0 N–H and O–H groups in total. The summed E-state index contributed by atoms with van der Waals surface area (Å²) < 4.78 is 10.9. The summed E-state index contributed by atoms with van der Waals surface area (Å²) in [6, 6.07) is 0. The van der Waals surface area contributed by atoms with Gasteiger partial charge < -0.3 is 9.47 Å². The standard InChI is InChI=1S/C11H10O3/c12-9-1-7-3-13-5-10(7)2-8-4-14-6-11(8,9)10/h1-2H,3-6H2. The van der Waals surface area contributed by atoms with E-state index in [1.165, 1.54) is 5.57 Å². The number of allylic oxidation sites excluding steroid dienone is 1. The second-order valence-electron chi connectivity index (χ2n) is 4.57. The topological polar surface area (TPSA) is 35.5 Å². The maximum atomic E-state index is 12.0. The highest BCUT2D eigenvalue weighted by Gasteiger charge is 2.71. The summed E-state index contributed by atoms with van der Waals surface area (Å²) in [5.41, 5.74) is 1.91. The average molecular weight is 190 g/mol. The molecule has 2 atom stereocenters. The van der Waals surface area contributed by atoms with Crippen LogP contribution in [-0.2, 0) is 14.3 Å². The van der Waals surface area contributed by atoms with E-state index in [1.54, 1.807) is 6.08 Å². The Hall–Kier alpha value is -0.930. The fourth-order valence-corrected chi connectivity index (χ4v) is 3.43. The van der Waals surface area contributed by atoms with Crippen LogP contribution in [0.15, 0.2) is 23.3 Å². The number of hydrogen-bond acceptors (Lipinski definition) is 3. The number of rotatable bonds is 0. The van der Waals surface area contributed by atoms with Crippen LogP contribution in [0.1, 0.15) is 0 Å². The van der Waals surface area contributed by atoms with Crippen LogP contribution in [-0.4, -0.2) is 32.2 Å². The Balaban J connectivity index is 2.00. The van der Waals surface area contributed by atoms with Crippen LogP contribution in [0.4, 0.5) is 0 Å². The molecule has 2 saturated heterocycles. The van der Waals surface area contributed by atoms with Crippen molar-refractivity contribution in [3.05, 3.63) is 23.3 Å². The summed E-state index contributed by atoms with van der Waals surface area (Å²) in [6.45, 7) is 2.48. The van der Waals surface area contributed by atoms with Crippen molar-refractivity contribution in [3.63, 3.8) is 0 Å². The Kier molecular flexibility index (Phi) is 0.989. The van der Waals surface area contributed by atoms with Gasteiger partial charge in [0.05, 0.1) is 37.3 Å². The lowest BCUT2D eigenvalue weighted by Crippen LogP contribution is -2.52. The summed E-state index contributed by atoms with van der Waals surface area (Å²) in [4.78, 5) is 12.0. The van der Waals surface area contributed by atoms with Gasteiger partial charge in [-0.15, -0.1) is 0 Å². The largest absolute Gasteiger partial charge is 0.376 e. The van der Waals surface area contributed by atoms with Crippen molar-refractivity contribution in [2.45, 2.75) is 0 Å². The van der Waals surface area contributed by atoms with Crippen LogP contribution in [0, 0.1) is 10.8 Å². The highest BCUT2D eigenvalue weighted by molar-refractivity contribution is 6.05. The van der Waals surface area contributed by atoms with Crippen molar-refractivity contribution in [3.8, 4) is 0 Å². The highest BCUT2D eigenvalue weighted by Crippen LogP contribution is 2.67. The molecule has 2 fully saturated rings. The van der Waals surface area contributed by atoms with E-state index in [4.69, 9.17) is 9.47 Å².